The van der Waals surface area contributed by atoms with E-state index in [9.17, 15) is 32.7 Å². The van der Waals surface area contributed by atoms with Crippen LogP contribution in [0, 0.1) is 11.7 Å². The summed E-state index contributed by atoms with van der Waals surface area (Å²) in [5, 5.41) is 9.51. The Morgan fingerprint density at radius 1 is 1.08 bits per heavy atom. The number of carbonyl (C=O) groups excluding carboxylic acids is 2. The number of rotatable bonds is 2. The van der Waals surface area contributed by atoms with E-state index in [0.717, 1.165) is 29.0 Å². The zero-order valence-corrected chi connectivity index (χ0v) is 21.8. The van der Waals surface area contributed by atoms with Crippen molar-refractivity contribution in [3.8, 4) is 0 Å². The van der Waals surface area contributed by atoms with Crippen molar-refractivity contribution in [3.63, 3.8) is 0 Å². The van der Waals surface area contributed by atoms with Crippen molar-refractivity contribution < 1.29 is 32.7 Å². The second-order valence-corrected chi connectivity index (χ2v) is 10.9. The van der Waals surface area contributed by atoms with E-state index in [1.807, 2.05) is 0 Å². The molecule has 0 radical (unpaired) electrons. The molecule has 0 saturated carbocycles. The molecule has 0 aliphatic carbocycles. The van der Waals surface area contributed by atoms with Crippen LogP contribution in [0.5, 0.6) is 0 Å². The summed E-state index contributed by atoms with van der Waals surface area (Å²) in [4.78, 5) is 42.8. The minimum atomic E-state index is -3.20. The van der Waals surface area contributed by atoms with E-state index in [1.54, 1.807) is 0 Å². The summed E-state index contributed by atoms with van der Waals surface area (Å²) in [5.41, 5.74) is -2.88. The third kappa shape index (κ3) is 3.71. The molecule has 14 heteroatoms. The molecule has 3 aliphatic heterocycles. The number of hydrogen-bond donors (Lipinski definition) is 1. The van der Waals surface area contributed by atoms with E-state index in [1.165, 1.54) is 12.1 Å². The minimum Gasteiger partial charge on any atom is -0.481 e. The number of fused-ring (bicyclic) bond motifs is 4. The van der Waals surface area contributed by atoms with Crippen LogP contribution in [0.15, 0.2) is 24.3 Å². The predicted molar refractivity (Wildman–Crippen MR) is 132 cm³/mol. The van der Waals surface area contributed by atoms with Crippen LogP contribution >= 0.6 is 46.4 Å². The average Bonchev–Trinajstić information content (AvgIpc) is 3.36. The van der Waals surface area contributed by atoms with E-state index in [-0.39, 0.29) is 43.4 Å². The molecule has 37 heavy (non-hydrogen) atoms. The molecule has 2 aromatic carbocycles. The maximum atomic E-state index is 14.8. The van der Waals surface area contributed by atoms with Gasteiger partial charge in [-0.2, -0.15) is 0 Å². The van der Waals surface area contributed by atoms with Crippen LogP contribution in [-0.4, -0.2) is 53.5 Å². The number of amides is 3. The van der Waals surface area contributed by atoms with E-state index in [2.05, 4.69) is 0 Å². The number of carboxylic acids is 1. The lowest BCUT2D eigenvalue weighted by Gasteiger charge is -2.36. The summed E-state index contributed by atoms with van der Waals surface area (Å²) < 4.78 is 43.8. The lowest BCUT2D eigenvalue weighted by atomic mass is 9.78. The van der Waals surface area contributed by atoms with Gasteiger partial charge in [0.15, 0.2) is 5.82 Å². The monoisotopic (exact) mass is 595 g/mol. The highest BCUT2D eigenvalue weighted by Crippen LogP contribution is 2.60. The van der Waals surface area contributed by atoms with Crippen LogP contribution in [-0.2, 0) is 15.1 Å². The second-order valence-electron chi connectivity index (χ2n) is 9.22. The van der Waals surface area contributed by atoms with Crippen molar-refractivity contribution in [2.24, 2.45) is 5.92 Å². The maximum Gasteiger partial charge on any atom is 0.335 e. The molecule has 0 aromatic heterocycles. The van der Waals surface area contributed by atoms with Gasteiger partial charge in [0.25, 0.3) is 11.8 Å². The Hall–Kier alpha value is -2.24. The van der Waals surface area contributed by atoms with Crippen LogP contribution in [0.2, 0.25) is 20.1 Å². The summed E-state index contributed by atoms with van der Waals surface area (Å²) in [6.07, 6.45) is -0.924. The molecular formula is C23H16Cl4F3N3O4. The summed E-state index contributed by atoms with van der Waals surface area (Å²) in [6.45, 7) is -0.910. The van der Waals surface area contributed by atoms with Gasteiger partial charge in [-0.05, 0) is 30.7 Å². The molecule has 2 fully saturated rings. The lowest BCUT2D eigenvalue weighted by molar-refractivity contribution is -0.150. The Balaban J connectivity index is 1.72. The molecule has 196 valence electrons. The van der Waals surface area contributed by atoms with Gasteiger partial charge in [-0.15, -0.1) is 0 Å². The molecule has 3 heterocycles. The first-order valence-corrected chi connectivity index (χ1v) is 12.4. The first kappa shape index (κ1) is 26.4. The normalized spacial score (nSPS) is 26.1. The van der Waals surface area contributed by atoms with Crippen molar-refractivity contribution in [2.45, 2.75) is 30.3 Å². The molecule has 1 N–H and O–H groups in total. The first-order valence-electron chi connectivity index (χ1n) is 10.8. The summed E-state index contributed by atoms with van der Waals surface area (Å²) in [6, 6.07) is 2.61. The van der Waals surface area contributed by atoms with Gasteiger partial charge in [0.05, 0.1) is 33.9 Å². The average molecular weight is 597 g/mol. The fourth-order valence-corrected chi connectivity index (χ4v) is 6.81. The van der Waals surface area contributed by atoms with Crippen molar-refractivity contribution in [2.75, 3.05) is 23.4 Å². The molecule has 3 amide bonds. The number of carbonyl (C=O) groups is 3. The first-order chi connectivity index (χ1) is 17.2. The van der Waals surface area contributed by atoms with Gasteiger partial charge >= 0.3 is 12.0 Å². The lowest BCUT2D eigenvalue weighted by Crippen LogP contribution is -2.57. The number of halogens is 7. The SMILES string of the molecule is CN(C(=O)N1C(=O)[C@]2(c3cc(Cl)cc(Cl)c31)[C@@H](C(=O)O)C[C@@H]1CC(F)(F)CN12)c1cc(Cl)cc(Cl)c1F. The number of anilines is 2. The smallest absolute Gasteiger partial charge is 0.335 e. The largest absolute Gasteiger partial charge is 0.481 e. The standard InChI is InChI=1S/C23H16Cl4F3N3O4/c1-31(16-5-10(25)3-14(26)17(16)28)21(37)33-18-12(2-9(24)4-15(18)27)23(20(33)36)13(19(34)35)6-11-7-22(29,30)8-32(11)23/h2-5,11,13H,6-8H2,1H3,(H,34,35)/t11-,13-,23+/m1/s1. The molecule has 2 aromatic rings. The van der Waals surface area contributed by atoms with Crippen LogP contribution in [0.1, 0.15) is 18.4 Å². The zero-order chi connectivity index (χ0) is 27.2. The third-order valence-corrected chi connectivity index (χ3v) is 8.14. The van der Waals surface area contributed by atoms with Crippen LogP contribution in [0.25, 0.3) is 0 Å². The highest BCUT2D eigenvalue weighted by molar-refractivity contribution is 6.40. The van der Waals surface area contributed by atoms with Gasteiger partial charge in [-0.25, -0.2) is 22.9 Å². The van der Waals surface area contributed by atoms with Gasteiger partial charge in [0, 0.05) is 35.1 Å². The summed E-state index contributed by atoms with van der Waals surface area (Å²) >= 11 is 24.5. The fraction of sp³-hybridized carbons (Fsp3) is 0.348. The number of imide groups is 1. The number of nitrogens with zero attached hydrogens (tertiary/aromatic N) is 3. The summed E-state index contributed by atoms with van der Waals surface area (Å²) in [5.74, 6) is -8.21. The predicted octanol–water partition coefficient (Wildman–Crippen LogP) is 6.05. The third-order valence-electron chi connectivity index (χ3n) is 7.14. The fourth-order valence-electron chi connectivity index (χ4n) is 5.75. The van der Waals surface area contributed by atoms with Gasteiger partial charge in [0.1, 0.15) is 5.54 Å². The van der Waals surface area contributed by atoms with Gasteiger partial charge in [-0.1, -0.05) is 46.4 Å². The van der Waals surface area contributed by atoms with Crippen molar-refractivity contribution >= 4 is 75.7 Å². The van der Waals surface area contributed by atoms with E-state index >= 15 is 0 Å². The topological polar surface area (TPSA) is 81.2 Å². The van der Waals surface area contributed by atoms with Gasteiger partial charge in [0.2, 0.25) is 0 Å². The maximum absolute atomic E-state index is 14.8. The highest BCUT2D eigenvalue weighted by atomic mass is 35.5. The van der Waals surface area contributed by atoms with Crippen LogP contribution < -0.4 is 9.80 Å². The molecule has 7 nitrogen and oxygen atoms in total. The Morgan fingerprint density at radius 3 is 2.35 bits per heavy atom. The molecule has 0 unspecified atom stereocenters. The molecule has 1 spiro atoms. The summed E-state index contributed by atoms with van der Waals surface area (Å²) in [7, 11) is 1.14. The number of benzene rings is 2. The molecule has 3 aliphatic rings. The van der Waals surface area contributed by atoms with Crippen molar-refractivity contribution in [1.29, 1.82) is 0 Å². The van der Waals surface area contributed by atoms with Gasteiger partial charge in [-0.3, -0.25) is 19.4 Å². The number of urea groups is 1. The van der Waals surface area contributed by atoms with E-state index < -0.39 is 60.1 Å². The quantitative estimate of drug-likeness (QED) is 0.427. The number of carboxylic acid groups (broad SMARTS) is 1. The Bertz CT molecular complexity index is 1390. The van der Waals surface area contributed by atoms with Gasteiger partial charge < -0.3 is 5.11 Å². The number of aliphatic carboxylic acids is 1. The number of hydrogen-bond acceptors (Lipinski definition) is 4. The van der Waals surface area contributed by atoms with Crippen LogP contribution in [0.4, 0.5) is 29.3 Å². The van der Waals surface area contributed by atoms with Crippen molar-refractivity contribution in [1.82, 2.24) is 4.90 Å². The highest BCUT2D eigenvalue weighted by Gasteiger charge is 2.72. The molecule has 5 rings (SSSR count). The van der Waals surface area contributed by atoms with E-state index in [4.69, 9.17) is 46.4 Å². The molecule has 3 atom stereocenters. The second kappa shape index (κ2) is 8.64. The Kier molecular flexibility index (Phi) is 6.16. The van der Waals surface area contributed by atoms with E-state index in [0.29, 0.717) is 4.90 Å². The molecule has 2 saturated heterocycles. The molecule has 0 bridgehead atoms. The number of alkyl halides is 2. The minimum absolute atomic E-state index is 0.000595. The molecular weight excluding hydrogens is 581 g/mol. The van der Waals surface area contributed by atoms with Crippen LogP contribution in [0.3, 0.4) is 0 Å². The Labute approximate surface area is 228 Å². The Morgan fingerprint density at radius 2 is 1.70 bits per heavy atom. The zero-order valence-electron chi connectivity index (χ0n) is 18.7. The van der Waals surface area contributed by atoms with Crippen molar-refractivity contribution in [3.05, 3.63) is 55.7 Å².